The van der Waals surface area contributed by atoms with Crippen LogP contribution in [0.25, 0.3) is 0 Å². The molecule has 0 radical (unpaired) electrons. The maximum atomic E-state index is 12.8. The van der Waals surface area contributed by atoms with Gasteiger partial charge in [-0.3, -0.25) is 0 Å². The molecular formula is C14H22N2O3S. The summed E-state index contributed by atoms with van der Waals surface area (Å²) in [5.74, 6) is 0.738. The summed E-state index contributed by atoms with van der Waals surface area (Å²) in [6.45, 7) is 5.02. The summed E-state index contributed by atoms with van der Waals surface area (Å²) in [7, 11) is -2.07. The zero-order valence-corrected chi connectivity index (χ0v) is 13.0. The molecule has 1 aliphatic rings. The molecule has 0 amide bonds. The van der Waals surface area contributed by atoms with Crippen LogP contribution in [0.3, 0.4) is 0 Å². The summed E-state index contributed by atoms with van der Waals surface area (Å²) in [4.78, 5) is 0.164. The van der Waals surface area contributed by atoms with Crippen molar-refractivity contribution in [2.45, 2.75) is 31.6 Å². The van der Waals surface area contributed by atoms with Crippen LogP contribution in [0.5, 0.6) is 5.75 Å². The standard InChI is InChI=1S/C14H22N2O3S/c1-10-5-4-6-16(9-10)20(17,18)14-8-12(15)11(2)7-13(14)19-3/h7-8,10H,4-6,9,15H2,1-3H3. The van der Waals surface area contributed by atoms with Crippen molar-refractivity contribution in [3.63, 3.8) is 0 Å². The van der Waals surface area contributed by atoms with Crippen molar-refractivity contribution < 1.29 is 13.2 Å². The summed E-state index contributed by atoms with van der Waals surface area (Å²) in [6.07, 6.45) is 1.96. The Kier molecular flexibility index (Phi) is 4.25. The topological polar surface area (TPSA) is 72.6 Å². The fraction of sp³-hybridized carbons (Fsp3) is 0.571. The van der Waals surface area contributed by atoms with E-state index in [9.17, 15) is 8.42 Å². The minimum Gasteiger partial charge on any atom is -0.495 e. The molecule has 1 unspecified atom stereocenters. The highest BCUT2D eigenvalue weighted by Crippen LogP contribution is 2.32. The van der Waals surface area contributed by atoms with Gasteiger partial charge in [-0.15, -0.1) is 0 Å². The quantitative estimate of drug-likeness (QED) is 0.866. The van der Waals surface area contributed by atoms with Crippen molar-refractivity contribution in [2.75, 3.05) is 25.9 Å². The lowest BCUT2D eigenvalue weighted by Crippen LogP contribution is -2.39. The Bertz CT molecular complexity index is 599. The van der Waals surface area contributed by atoms with Crippen molar-refractivity contribution in [2.24, 2.45) is 5.92 Å². The lowest BCUT2D eigenvalue weighted by Gasteiger charge is -2.30. The molecule has 6 heteroatoms. The van der Waals surface area contributed by atoms with Gasteiger partial charge in [0.15, 0.2) is 0 Å². The van der Waals surface area contributed by atoms with Gasteiger partial charge in [0.25, 0.3) is 0 Å². The molecule has 1 heterocycles. The van der Waals surface area contributed by atoms with E-state index in [0.29, 0.717) is 30.4 Å². The molecule has 2 N–H and O–H groups in total. The molecule has 20 heavy (non-hydrogen) atoms. The number of rotatable bonds is 3. The molecule has 0 spiro atoms. The van der Waals surface area contributed by atoms with E-state index < -0.39 is 10.0 Å². The molecule has 0 saturated carbocycles. The third-order valence-electron chi connectivity index (χ3n) is 3.79. The number of nitrogen functional groups attached to an aromatic ring is 1. The van der Waals surface area contributed by atoms with Crippen LogP contribution in [0.2, 0.25) is 0 Å². The van der Waals surface area contributed by atoms with Gasteiger partial charge in [-0.05, 0) is 43.4 Å². The first-order chi connectivity index (χ1) is 9.36. The van der Waals surface area contributed by atoms with Crippen LogP contribution >= 0.6 is 0 Å². The Hall–Kier alpha value is -1.27. The Morgan fingerprint density at radius 3 is 2.70 bits per heavy atom. The highest BCUT2D eigenvalue weighted by Gasteiger charge is 2.31. The van der Waals surface area contributed by atoms with Crippen molar-refractivity contribution in [3.05, 3.63) is 17.7 Å². The van der Waals surface area contributed by atoms with Crippen LogP contribution < -0.4 is 10.5 Å². The molecule has 5 nitrogen and oxygen atoms in total. The van der Waals surface area contributed by atoms with Gasteiger partial charge in [-0.25, -0.2) is 8.42 Å². The van der Waals surface area contributed by atoms with E-state index in [0.717, 1.165) is 18.4 Å². The first-order valence-corrected chi connectivity index (χ1v) is 8.24. The number of hydrogen-bond acceptors (Lipinski definition) is 4. The number of nitrogens with two attached hydrogens (primary N) is 1. The third-order valence-corrected chi connectivity index (χ3v) is 5.68. The maximum Gasteiger partial charge on any atom is 0.246 e. The number of methoxy groups -OCH3 is 1. The van der Waals surface area contributed by atoms with Gasteiger partial charge in [0.2, 0.25) is 10.0 Å². The molecule has 2 rings (SSSR count). The molecule has 0 aromatic heterocycles. The predicted molar refractivity (Wildman–Crippen MR) is 79.3 cm³/mol. The largest absolute Gasteiger partial charge is 0.495 e. The van der Waals surface area contributed by atoms with E-state index in [1.54, 1.807) is 6.07 Å². The van der Waals surface area contributed by atoms with Crippen LogP contribution in [0.4, 0.5) is 5.69 Å². The predicted octanol–water partition coefficient (Wildman–Crippen LogP) is 2.01. The van der Waals surface area contributed by atoms with Crippen molar-refractivity contribution in [3.8, 4) is 5.75 Å². The summed E-state index contributed by atoms with van der Waals surface area (Å²) >= 11 is 0. The van der Waals surface area contributed by atoms with E-state index in [1.807, 2.05) is 6.92 Å². The Morgan fingerprint density at radius 1 is 1.40 bits per heavy atom. The zero-order chi connectivity index (χ0) is 14.9. The van der Waals surface area contributed by atoms with E-state index in [4.69, 9.17) is 10.5 Å². The highest BCUT2D eigenvalue weighted by atomic mass is 32.2. The molecule has 0 aliphatic carbocycles. The number of piperidine rings is 1. The fourth-order valence-electron chi connectivity index (χ4n) is 2.54. The summed E-state index contributed by atoms with van der Waals surface area (Å²) in [5.41, 5.74) is 7.14. The van der Waals surface area contributed by atoms with Crippen LogP contribution in [0.1, 0.15) is 25.3 Å². The summed E-state index contributed by atoms with van der Waals surface area (Å²) in [6, 6.07) is 3.18. The van der Waals surface area contributed by atoms with Crippen LogP contribution in [-0.2, 0) is 10.0 Å². The Balaban J connectivity index is 2.46. The molecule has 1 aromatic rings. The van der Waals surface area contributed by atoms with E-state index in [2.05, 4.69) is 6.92 Å². The van der Waals surface area contributed by atoms with Gasteiger partial charge < -0.3 is 10.5 Å². The normalized spacial score (nSPS) is 20.9. The van der Waals surface area contributed by atoms with Crippen LogP contribution in [-0.4, -0.2) is 32.9 Å². The second kappa shape index (κ2) is 5.61. The Morgan fingerprint density at radius 2 is 2.10 bits per heavy atom. The fourth-order valence-corrected chi connectivity index (χ4v) is 4.31. The lowest BCUT2D eigenvalue weighted by molar-refractivity contribution is 0.280. The summed E-state index contributed by atoms with van der Waals surface area (Å²) in [5, 5.41) is 0. The van der Waals surface area contributed by atoms with Gasteiger partial charge >= 0.3 is 0 Å². The second-order valence-electron chi connectivity index (χ2n) is 5.47. The Labute approximate surface area is 120 Å². The van der Waals surface area contributed by atoms with Gasteiger partial charge in [0, 0.05) is 18.8 Å². The van der Waals surface area contributed by atoms with Crippen molar-refractivity contribution in [1.29, 1.82) is 0 Å². The minimum atomic E-state index is -3.55. The van der Waals surface area contributed by atoms with Gasteiger partial charge in [-0.2, -0.15) is 4.31 Å². The van der Waals surface area contributed by atoms with E-state index in [-0.39, 0.29) is 4.90 Å². The lowest BCUT2D eigenvalue weighted by atomic mass is 10.0. The molecule has 1 atom stereocenters. The van der Waals surface area contributed by atoms with E-state index in [1.165, 1.54) is 17.5 Å². The minimum absolute atomic E-state index is 0.164. The number of benzene rings is 1. The van der Waals surface area contributed by atoms with Gasteiger partial charge in [0.05, 0.1) is 7.11 Å². The number of hydrogen-bond donors (Lipinski definition) is 1. The molecule has 1 aromatic carbocycles. The van der Waals surface area contributed by atoms with Crippen molar-refractivity contribution in [1.82, 2.24) is 4.31 Å². The second-order valence-corrected chi connectivity index (χ2v) is 7.38. The van der Waals surface area contributed by atoms with Gasteiger partial charge in [0.1, 0.15) is 10.6 Å². The first kappa shape index (κ1) is 15.1. The third kappa shape index (κ3) is 2.76. The van der Waals surface area contributed by atoms with Crippen LogP contribution in [0, 0.1) is 12.8 Å². The zero-order valence-electron chi connectivity index (χ0n) is 12.2. The molecule has 1 aliphatic heterocycles. The number of nitrogens with zero attached hydrogens (tertiary/aromatic N) is 1. The average Bonchev–Trinajstić information content (AvgIpc) is 2.41. The molecular weight excluding hydrogens is 276 g/mol. The average molecular weight is 298 g/mol. The number of sulfonamides is 1. The first-order valence-electron chi connectivity index (χ1n) is 6.80. The monoisotopic (exact) mass is 298 g/mol. The van der Waals surface area contributed by atoms with Crippen molar-refractivity contribution >= 4 is 15.7 Å². The molecule has 0 bridgehead atoms. The van der Waals surface area contributed by atoms with E-state index >= 15 is 0 Å². The number of ether oxygens (including phenoxy) is 1. The highest BCUT2D eigenvalue weighted by molar-refractivity contribution is 7.89. The maximum absolute atomic E-state index is 12.8. The van der Waals surface area contributed by atoms with Gasteiger partial charge in [-0.1, -0.05) is 6.92 Å². The SMILES string of the molecule is COc1cc(C)c(N)cc1S(=O)(=O)N1CCCC(C)C1. The molecule has 1 fully saturated rings. The smallest absolute Gasteiger partial charge is 0.246 e. The van der Waals surface area contributed by atoms with Crippen LogP contribution in [0.15, 0.2) is 17.0 Å². The summed E-state index contributed by atoms with van der Waals surface area (Å²) < 4.78 is 32.3. The molecule has 112 valence electrons. The molecule has 1 saturated heterocycles. The number of anilines is 1. The number of aryl methyl sites for hydroxylation is 1.